The summed E-state index contributed by atoms with van der Waals surface area (Å²) in [5.74, 6) is 0.133. The van der Waals surface area contributed by atoms with Gasteiger partial charge in [-0.1, -0.05) is 29.5 Å². The molecule has 3 aromatic rings. The lowest BCUT2D eigenvalue weighted by Crippen LogP contribution is -2.13. The Balaban J connectivity index is 1.89. The Morgan fingerprint density at radius 3 is 2.77 bits per heavy atom. The summed E-state index contributed by atoms with van der Waals surface area (Å²) in [7, 11) is 1.52. The maximum atomic E-state index is 12.3. The van der Waals surface area contributed by atoms with Crippen LogP contribution >= 0.6 is 11.3 Å². The highest BCUT2D eigenvalue weighted by atomic mass is 32.1. The van der Waals surface area contributed by atoms with Crippen LogP contribution < -0.4 is 14.8 Å². The van der Waals surface area contributed by atoms with Crippen LogP contribution in [0.15, 0.2) is 53.5 Å². The van der Waals surface area contributed by atoms with Crippen molar-refractivity contribution in [2.45, 2.75) is 0 Å². The van der Waals surface area contributed by atoms with Gasteiger partial charge in [0.15, 0.2) is 0 Å². The second-order valence-electron chi connectivity index (χ2n) is 4.53. The molecule has 5 nitrogen and oxygen atoms in total. The van der Waals surface area contributed by atoms with E-state index in [4.69, 9.17) is 4.74 Å². The molecule has 0 bridgehead atoms. The number of methoxy groups -OCH3 is 1. The largest absolute Gasteiger partial charge is 0.481 e. The Morgan fingerprint density at radius 1 is 1.23 bits per heavy atom. The summed E-state index contributed by atoms with van der Waals surface area (Å²) in [5.41, 5.74) is 0.540. The molecule has 3 rings (SSSR count). The van der Waals surface area contributed by atoms with Crippen molar-refractivity contribution >= 4 is 33.7 Å². The van der Waals surface area contributed by atoms with Crippen LogP contribution in [0.1, 0.15) is 9.67 Å². The van der Waals surface area contributed by atoms with Crippen molar-refractivity contribution in [1.82, 2.24) is 4.98 Å². The lowest BCUT2D eigenvalue weighted by molar-refractivity contribution is 0.103. The highest BCUT2D eigenvalue weighted by Crippen LogP contribution is 2.17. The van der Waals surface area contributed by atoms with E-state index >= 15 is 0 Å². The molecule has 0 atom stereocenters. The first kappa shape index (κ1) is 14.2. The molecule has 2 heterocycles. The molecule has 0 aliphatic carbocycles. The molecular formula is C16H12N2O3S. The van der Waals surface area contributed by atoms with Crippen molar-refractivity contribution in [3.63, 3.8) is 0 Å². The van der Waals surface area contributed by atoms with Gasteiger partial charge in [0, 0.05) is 11.5 Å². The number of rotatable bonds is 3. The van der Waals surface area contributed by atoms with E-state index in [1.54, 1.807) is 30.3 Å². The number of hydrogen-bond acceptors (Lipinski definition) is 5. The Labute approximate surface area is 130 Å². The third kappa shape index (κ3) is 2.82. The number of nitrogens with one attached hydrogen (secondary N) is 1. The molecule has 0 fully saturated rings. The number of fused-ring (bicyclic) bond motifs is 1. The topological polar surface area (TPSA) is 68.3 Å². The molecule has 1 aromatic carbocycles. The van der Waals surface area contributed by atoms with Crippen LogP contribution in [0, 0.1) is 0 Å². The van der Waals surface area contributed by atoms with Crippen molar-refractivity contribution in [2.75, 3.05) is 12.4 Å². The maximum Gasteiger partial charge on any atom is 0.265 e. The second kappa shape index (κ2) is 5.95. The molecule has 0 saturated carbocycles. The molecule has 2 aromatic heterocycles. The quantitative estimate of drug-likeness (QED) is 0.807. The third-order valence-electron chi connectivity index (χ3n) is 3.10. The summed E-state index contributed by atoms with van der Waals surface area (Å²) in [6, 6.07) is 12.3. The predicted molar refractivity (Wildman–Crippen MR) is 86.8 cm³/mol. The third-order valence-corrected chi connectivity index (χ3v) is 4.03. The fourth-order valence-electron chi connectivity index (χ4n) is 2.01. The first-order valence-corrected chi connectivity index (χ1v) is 7.33. The molecule has 22 heavy (non-hydrogen) atoms. The van der Waals surface area contributed by atoms with Crippen molar-refractivity contribution in [1.29, 1.82) is 0 Å². The van der Waals surface area contributed by atoms with E-state index < -0.39 is 0 Å². The summed E-state index contributed by atoms with van der Waals surface area (Å²) < 4.78 is 4.83. The van der Waals surface area contributed by atoms with E-state index in [1.165, 1.54) is 13.3 Å². The summed E-state index contributed by atoms with van der Waals surface area (Å²) in [6.07, 6.45) is 1.50. The van der Waals surface area contributed by atoms with Crippen LogP contribution in [0.3, 0.4) is 0 Å². The van der Waals surface area contributed by atoms with Crippen LogP contribution in [0.25, 0.3) is 10.8 Å². The van der Waals surface area contributed by atoms with Gasteiger partial charge < -0.3 is 10.1 Å². The predicted octanol–water partition coefficient (Wildman–Crippen LogP) is 2.92. The standard InChI is InChI=1S/C16H12N2O3S/c1-21-14-7-6-11(9-17-14)18-15(19)13-8-10-4-2-3-5-12(10)16(20)22-13/h2-9H,1H3,(H,18,19). The first-order chi connectivity index (χ1) is 10.7. The van der Waals surface area contributed by atoms with Gasteiger partial charge in [0.2, 0.25) is 10.6 Å². The minimum atomic E-state index is -0.334. The van der Waals surface area contributed by atoms with Crippen molar-refractivity contribution in [2.24, 2.45) is 0 Å². The van der Waals surface area contributed by atoms with E-state index in [0.717, 1.165) is 16.7 Å². The molecular weight excluding hydrogens is 300 g/mol. The molecule has 110 valence electrons. The number of carbonyl (C=O) groups is 1. The summed E-state index contributed by atoms with van der Waals surface area (Å²) in [4.78, 5) is 28.7. The monoisotopic (exact) mass is 312 g/mol. The zero-order chi connectivity index (χ0) is 15.5. The zero-order valence-electron chi connectivity index (χ0n) is 11.7. The normalized spacial score (nSPS) is 10.4. The van der Waals surface area contributed by atoms with E-state index in [9.17, 15) is 9.59 Å². The molecule has 0 aliphatic heterocycles. The Kier molecular flexibility index (Phi) is 3.84. The molecule has 0 spiro atoms. The first-order valence-electron chi connectivity index (χ1n) is 6.51. The van der Waals surface area contributed by atoms with Crippen LogP contribution in [0.2, 0.25) is 0 Å². The number of hydrogen-bond donors (Lipinski definition) is 1. The lowest BCUT2D eigenvalue weighted by atomic mass is 10.2. The molecule has 6 heteroatoms. The number of aromatic nitrogens is 1. The summed E-state index contributed by atoms with van der Waals surface area (Å²) in [6.45, 7) is 0. The van der Waals surface area contributed by atoms with Gasteiger partial charge in [-0.25, -0.2) is 4.98 Å². The van der Waals surface area contributed by atoms with Crippen molar-refractivity contribution in [3.8, 4) is 5.88 Å². The Hall–Kier alpha value is -2.73. The van der Waals surface area contributed by atoms with Crippen LogP contribution in [-0.2, 0) is 0 Å². The number of amides is 1. The molecule has 1 amide bonds. The number of pyridine rings is 1. The van der Waals surface area contributed by atoms with Gasteiger partial charge in [-0.15, -0.1) is 0 Å². The van der Waals surface area contributed by atoms with Crippen LogP contribution in [0.5, 0.6) is 5.88 Å². The minimum Gasteiger partial charge on any atom is -0.481 e. The zero-order valence-corrected chi connectivity index (χ0v) is 12.5. The van der Waals surface area contributed by atoms with Crippen molar-refractivity contribution < 1.29 is 9.53 Å². The van der Waals surface area contributed by atoms with E-state index in [-0.39, 0.29) is 10.6 Å². The van der Waals surface area contributed by atoms with Crippen LogP contribution in [0.4, 0.5) is 5.69 Å². The maximum absolute atomic E-state index is 12.3. The van der Waals surface area contributed by atoms with Gasteiger partial charge in [-0.05, 0) is 23.6 Å². The number of ether oxygens (including phenoxy) is 1. The van der Waals surface area contributed by atoms with Gasteiger partial charge in [0.1, 0.15) is 0 Å². The summed E-state index contributed by atoms with van der Waals surface area (Å²) in [5, 5.41) is 4.09. The average Bonchev–Trinajstić information content (AvgIpc) is 2.55. The van der Waals surface area contributed by atoms with Gasteiger partial charge in [0.25, 0.3) is 5.91 Å². The smallest absolute Gasteiger partial charge is 0.265 e. The Bertz CT molecular complexity index is 888. The van der Waals surface area contributed by atoms with Gasteiger partial charge in [-0.2, -0.15) is 0 Å². The lowest BCUT2D eigenvalue weighted by Gasteiger charge is -2.06. The highest BCUT2D eigenvalue weighted by molar-refractivity contribution is 7.12. The average molecular weight is 312 g/mol. The minimum absolute atomic E-state index is 0.129. The van der Waals surface area contributed by atoms with E-state index in [2.05, 4.69) is 10.3 Å². The fourth-order valence-corrected chi connectivity index (χ4v) is 2.84. The molecule has 0 unspecified atom stereocenters. The van der Waals surface area contributed by atoms with Gasteiger partial charge in [-0.3, -0.25) is 9.59 Å². The second-order valence-corrected chi connectivity index (χ2v) is 5.54. The molecule has 0 radical (unpaired) electrons. The fraction of sp³-hybridized carbons (Fsp3) is 0.0625. The van der Waals surface area contributed by atoms with Crippen LogP contribution in [-0.4, -0.2) is 18.0 Å². The summed E-state index contributed by atoms with van der Waals surface area (Å²) >= 11 is 0.929. The number of anilines is 1. The van der Waals surface area contributed by atoms with E-state index in [1.807, 2.05) is 12.1 Å². The Morgan fingerprint density at radius 2 is 2.05 bits per heavy atom. The number of nitrogens with zero attached hydrogens (tertiary/aromatic N) is 1. The number of benzene rings is 1. The molecule has 1 N–H and O–H groups in total. The SMILES string of the molecule is COc1ccc(NC(=O)c2cc3ccccc3c(=O)s2)cn1. The highest BCUT2D eigenvalue weighted by Gasteiger charge is 2.10. The van der Waals surface area contributed by atoms with E-state index in [0.29, 0.717) is 21.8 Å². The van der Waals surface area contributed by atoms with Crippen molar-refractivity contribution in [3.05, 3.63) is 63.1 Å². The van der Waals surface area contributed by atoms with Gasteiger partial charge >= 0.3 is 0 Å². The van der Waals surface area contributed by atoms with Gasteiger partial charge in [0.05, 0.1) is 23.9 Å². The number of carbonyl (C=O) groups excluding carboxylic acids is 1. The molecule has 0 aliphatic rings. The molecule has 0 saturated heterocycles.